The molecule has 0 aromatic heterocycles. The number of piperidine rings is 1. The van der Waals surface area contributed by atoms with Gasteiger partial charge in [-0.05, 0) is 65.7 Å². The summed E-state index contributed by atoms with van der Waals surface area (Å²) in [5.74, 6) is 0.704. The minimum absolute atomic E-state index is 0.0588. The maximum atomic E-state index is 12.6. The van der Waals surface area contributed by atoms with Crippen molar-refractivity contribution < 1.29 is 28.5 Å². The van der Waals surface area contributed by atoms with E-state index < -0.39 is 11.2 Å². The summed E-state index contributed by atoms with van der Waals surface area (Å²) in [6.07, 6.45) is 1.28. The molecule has 1 aromatic carbocycles. The average molecular weight is 432 g/mol. The molecule has 4 atom stereocenters. The molecule has 3 heterocycles. The van der Waals surface area contributed by atoms with Gasteiger partial charge in [0.2, 0.25) is 0 Å². The number of hydrogen-bond donors (Lipinski definition) is 0. The fourth-order valence-electron chi connectivity index (χ4n) is 5.05. The lowest BCUT2D eigenvalue weighted by atomic mass is 9.70. The van der Waals surface area contributed by atoms with Crippen LogP contribution in [0.2, 0.25) is 0 Å². The number of hydrogen-bond acceptors (Lipinski definition) is 6. The molecule has 7 heteroatoms. The zero-order valence-corrected chi connectivity index (χ0v) is 19.3. The van der Waals surface area contributed by atoms with Gasteiger partial charge in [-0.25, -0.2) is 9.59 Å². The molecule has 0 N–H and O–H groups in total. The van der Waals surface area contributed by atoms with Crippen molar-refractivity contribution in [2.24, 2.45) is 11.8 Å². The van der Waals surface area contributed by atoms with Gasteiger partial charge in [-0.3, -0.25) is 0 Å². The molecule has 7 nitrogen and oxygen atoms in total. The molecule has 0 spiro atoms. The van der Waals surface area contributed by atoms with Gasteiger partial charge < -0.3 is 23.8 Å². The molecule has 1 aromatic rings. The number of carbonyl (C=O) groups is 2. The van der Waals surface area contributed by atoms with Gasteiger partial charge in [-0.1, -0.05) is 0 Å². The highest BCUT2D eigenvalue weighted by atomic mass is 16.6. The molecule has 31 heavy (non-hydrogen) atoms. The number of carbonyl (C=O) groups excluding carboxylic acids is 2. The fraction of sp³-hybridized carbons (Fsp3) is 0.667. The van der Waals surface area contributed by atoms with Crippen LogP contribution in [0.1, 0.15) is 69.5 Å². The number of benzene rings is 1. The fourth-order valence-corrected chi connectivity index (χ4v) is 5.05. The number of amides is 1. The van der Waals surface area contributed by atoms with Crippen LogP contribution < -0.4 is 4.74 Å². The molecule has 170 valence electrons. The summed E-state index contributed by atoms with van der Waals surface area (Å²) in [5, 5.41) is 0. The Bertz CT molecular complexity index is 873. The van der Waals surface area contributed by atoms with Gasteiger partial charge >= 0.3 is 12.1 Å². The summed E-state index contributed by atoms with van der Waals surface area (Å²) >= 11 is 0. The number of ether oxygens (including phenoxy) is 4. The number of methoxy groups -OCH3 is 1. The van der Waals surface area contributed by atoms with Gasteiger partial charge in [0.05, 0.1) is 24.9 Å². The summed E-state index contributed by atoms with van der Waals surface area (Å²) in [4.78, 5) is 26.4. The van der Waals surface area contributed by atoms with Crippen LogP contribution in [0.4, 0.5) is 4.79 Å². The lowest BCUT2D eigenvalue weighted by Gasteiger charge is -2.53. The predicted molar refractivity (Wildman–Crippen MR) is 114 cm³/mol. The Morgan fingerprint density at radius 2 is 1.97 bits per heavy atom. The second kappa shape index (κ2) is 7.69. The molecule has 3 aliphatic rings. The Balaban J connectivity index is 1.57. The van der Waals surface area contributed by atoms with E-state index >= 15 is 0 Å². The van der Waals surface area contributed by atoms with Crippen LogP contribution in [-0.4, -0.2) is 54.5 Å². The number of nitrogens with zero attached hydrogens (tertiary/aromatic N) is 1. The van der Waals surface area contributed by atoms with E-state index in [0.29, 0.717) is 18.7 Å². The minimum atomic E-state index is -0.512. The van der Waals surface area contributed by atoms with Crippen LogP contribution in [0.15, 0.2) is 18.2 Å². The molecule has 2 saturated heterocycles. The van der Waals surface area contributed by atoms with Gasteiger partial charge in [-0.15, -0.1) is 0 Å². The van der Waals surface area contributed by atoms with E-state index in [0.717, 1.165) is 24.2 Å². The second-order valence-corrected chi connectivity index (χ2v) is 10.4. The third-order valence-corrected chi connectivity index (χ3v) is 6.56. The number of likely N-dealkylation sites (tertiary alicyclic amines) is 1. The quantitative estimate of drug-likeness (QED) is 0.616. The van der Waals surface area contributed by atoms with Gasteiger partial charge in [0, 0.05) is 30.5 Å². The Morgan fingerprint density at radius 1 is 1.23 bits per heavy atom. The molecule has 4 rings (SSSR count). The van der Waals surface area contributed by atoms with E-state index in [1.807, 2.05) is 32.9 Å². The van der Waals surface area contributed by atoms with Crippen LogP contribution in [0.25, 0.3) is 0 Å². The van der Waals surface area contributed by atoms with Gasteiger partial charge in [0.15, 0.2) is 0 Å². The Hall–Kier alpha value is -2.28. The highest BCUT2D eigenvalue weighted by molar-refractivity contribution is 5.89. The van der Waals surface area contributed by atoms with Crippen molar-refractivity contribution in [3.63, 3.8) is 0 Å². The topological polar surface area (TPSA) is 74.3 Å². The van der Waals surface area contributed by atoms with Gasteiger partial charge in [-0.2, -0.15) is 0 Å². The van der Waals surface area contributed by atoms with E-state index in [4.69, 9.17) is 18.9 Å². The minimum Gasteiger partial charge on any atom is -0.487 e. The molecule has 2 fully saturated rings. The summed E-state index contributed by atoms with van der Waals surface area (Å²) in [6.45, 7) is 11.0. The maximum absolute atomic E-state index is 12.6. The molecule has 0 radical (unpaired) electrons. The Kier molecular flexibility index (Phi) is 5.44. The first-order chi connectivity index (χ1) is 14.5. The van der Waals surface area contributed by atoms with Crippen molar-refractivity contribution in [3.8, 4) is 5.75 Å². The zero-order chi connectivity index (χ0) is 22.6. The third kappa shape index (κ3) is 4.25. The number of rotatable bonds is 1. The van der Waals surface area contributed by atoms with Crippen LogP contribution >= 0.6 is 0 Å². The van der Waals surface area contributed by atoms with Crippen molar-refractivity contribution >= 4 is 12.1 Å². The molecule has 0 unspecified atom stereocenters. The van der Waals surface area contributed by atoms with E-state index in [1.54, 1.807) is 11.0 Å². The van der Waals surface area contributed by atoms with Crippen LogP contribution in [0.5, 0.6) is 5.75 Å². The van der Waals surface area contributed by atoms with Crippen molar-refractivity contribution in [2.75, 3.05) is 20.2 Å². The Morgan fingerprint density at radius 3 is 2.65 bits per heavy atom. The van der Waals surface area contributed by atoms with E-state index in [1.165, 1.54) is 7.11 Å². The molecular formula is C24H33NO6. The highest BCUT2D eigenvalue weighted by Gasteiger charge is 2.52. The van der Waals surface area contributed by atoms with E-state index in [-0.39, 0.29) is 36.1 Å². The number of esters is 1. The van der Waals surface area contributed by atoms with Gasteiger partial charge in [0.25, 0.3) is 0 Å². The monoisotopic (exact) mass is 431 g/mol. The maximum Gasteiger partial charge on any atom is 0.410 e. The van der Waals surface area contributed by atoms with Gasteiger partial charge in [0.1, 0.15) is 17.0 Å². The lowest BCUT2D eigenvalue weighted by Crippen LogP contribution is -2.56. The molecule has 0 aliphatic carbocycles. The first-order valence-electron chi connectivity index (χ1n) is 11.0. The first kappa shape index (κ1) is 21.9. The molecule has 3 aliphatic heterocycles. The SMILES string of the molecule is COC(=O)c1ccc2c(c1)[C@H]1O[C@H]3CCN(C(=O)OC(C)(C)C)C[C@@H]3C[C@@H]1C(C)(C)O2. The summed E-state index contributed by atoms with van der Waals surface area (Å²) in [5.41, 5.74) is 0.459. The normalized spacial score (nSPS) is 29.0. The summed E-state index contributed by atoms with van der Waals surface area (Å²) in [7, 11) is 1.38. The van der Waals surface area contributed by atoms with Crippen molar-refractivity contribution in [1.82, 2.24) is 4.90 Å². The lowest BCUT2D eigenvalue weighted by molar-refractivity contribution is -0.185. The van der Waals surface area contributed by atoms with Crippen LogP contribution in [0, 0.1) is 11.8 Å². The highest BCUT2D eigenvalue weighted by Crippen LogP contribution is 2.53. The molecule has 0 bridgehead atoms. The molecule has 1 amide bonds. The molecular weight excluding hydrogens is 398 g/mol. The van der Waals surface area contributed by atoms with E-state index in [9.17, 15) is 9.59 Å². The summed E-state index contributed by atoms with van der Waals surface area (Å²) in [6, 6.07) is 5.40. The van der Waals surface area contributed by atoms with E-state index in [2.05, 4.69) is 13.8 Å². The standard InChI is InChI=1S/C24H33NO6/c1-23(2,3)31-22(27)25-10-9-18-15(13-25)12-17-20(29-18)16-11-14(21(26)28-6)7-8-19(16)30-24(17,4)5/h7-8,11,15,17-18,20H,9-10,12-13H2,1-6H3/t15-,17-,18-,20+/m0/s1. The summed E-state index contributed by atoms with van der Waals surface area (Å²) < 4.78 is 23.4. The average Bonchev–Trinajstić information content (AvgIpc) is 2.70. The second-order valence-electron chi connectivity index (χ2n) is 10.4. The largest absolute Gasteiger partial charge is 0.487 e. The third-order valence-electron chi connectivity index (χ3n) is 6.56. The molecule has 0 saturated carbocycles. The van der Waals surface area contributed by atoms with Crippen LogP contribution in [-0.2, 0) is 14.2 Å². The van der Waals surface area contributed by atoms with Crippen molar-refractivity contribution in [3.05, 3.63) is 29.3 Å². The van der Waals surface area contributed by atoms with Crippen LogP contribution in [0.3, 0.4) is 0 Å². The Labute approximate surface area is 184 Å². The number of fused-ring (bicyclic) bond motifs is 4. The predicted octanol–water partition coefficient (Wildman–Crippen LogP) is 4.35. The van der Waals surface area contributed by atoms with Crippen molar-refractivity contribution in [2.45, 2.75) is 70.9 Å². The first-order valence-corrected chi connectivity index (χ1v) is 11.0. The van der Waals surface area contributed by atoms with Crippen molar-refractivity contribution in [1.29, 1.82) is 0 Å². The smallest absolute Gasteiger partial charge is 0.410 e. The zero-order valence-electron chi connectivity index (χ0n) is 19.3.